The fraction of sp³-hybridized carbons (Fsp3) is 0.467. The molecule has 5 nitrogen and oxygen atoms in total. The Morgan fingerprint density at radius 1 is 1.32 bits per heavy atom. The molecule has 0 aliphatic carbocycles. The van der Waals surface area contributed by atoms with Crippen LogP contribution in [-0.2, 0) is 9.59 Å². The van der Waals surface area contributed by atoms with Crippen molar-refractivity contribution in [2.75, 3.05) is 0 Å². The van der Waals surface area contributed by atoms with Crippen LogP contribution in [0.1, 0.15) is 38.8 Å². The Balaban J connectivity index is 0.00000441. The van der Waals surface area contributed by atoms with Crippen LogP contribution in [0.15, 0.2) is 24.3 Å². The number of benzene rings is 1. The lowest BCUT2D eigenvalue weighted by molar-refractivity contribution is -0.125. The molecule has 0 radical (unpaired) electrons. The van der Waals surface area contributed by atoms with Gasteiger partial charge in [0.25, 0.3) is 0 Å². The van der Waals surface area contributed by atoms with Crippen molar-refractivity contribution in [2.24, 2.45) is 16.9 Å². The molecular formula is C15H23Cl2N3O2. The van der Waals surface area contributed by atoms with Crippen molar-refractivity contribution in [1.29, 1.82) is 0 Å². The van der Waals surface area contributed by atoms with Gasteiger partial charge in [0.05, 0.1) is 18.5 Å². The standard InChI is InChI=1S/C15H22ClN3O2.ClH/c1-15(2,3)13(18)14(21)19-11(8-12(17)20)9-5-4-6-10(16)7-9;/h4-7,11,13H,8,18H2,1-3H3,(H2,17,20)(H,19,21);1H/t11-,13-;/m1./s1. The zero-order valence-electron chi connectivity index (χ0n) is 12.9. The molecule has 0 aliphatic heterocycles. The maximum atomic E-state index is 12.2. The normalized spacial score (nSPS) is 13.7. The molecule has 0 bridgehead atoms. The van der Waals surface area contributed by atoms with Crippen molar-refractivity contribution < 1.29 is 9.59 Å². The summed E-state index contributed by atoms with van der Waals surface area (Å²) >= 11 is 5.94. The number of primary amides is 1. The van der Waals surface area contributed by atoms with Gasteiger partial charge in [0.2, 0.25) is 11.8 Å². The highest BCUT2D eigenvalue weighted by molar-refractivity contribution is 6.30. The van der Waals surface area contributed by atoms with Gasteiger partial charge < -0.3 is 16.8 Å². The molecule has 0 heterocycles. The smallest absolute Gasteiger partial charge is 0.237 e. The Morgan fingerprint density at radius 2 is 1.91 bits per heavy atom. The molecule has 0 aromatic heterocycles. The Labute approximate surface area is 142 Å². The van der Waals surface area contributed by atoms with Gasteiger partial charge in [0.1, 0.15) is 0 Å². The van der Waals surface area contributed by atoms with Gasteiger partial charge in [-0.15, -0.1) is 12.4 Å². The molecule has 1 aromatic rings. The molecule has 124 valence electrons. The quantitative estimate of drug-likeness (QED) is 0.760. The SMILES string of the molecule is CC(C)(C)[C@H](N)C(=O)N[C@H](CC(N)=O)c1cccc(Cl)c1.Cl. The Bertz CT molecular complexity index is 530. The van der Waals surface area contributed by atoms with Crippen LogP contribution in [-0.4, -0.2) is 17.9 Å². The van der Waals surface area contributed by atoms with Crippen molar-refractivity contribution in [3.63, 3.8) is 0 Å². The highest BCUT2D eigenvalue weighted by atomic mass is 35.5. The third-order valence-corrected chi connectivity index (χ3v) is 3.42. The minimum atomic E-state index is -0.688. The highest BCUT2D eigenvalue weighted by Gasteiger charge is 2.29. The van der Waals surface area contributed by atoms with E-state index in [-0.39, 0.29) is 30.2 Å². The maximum Gasteiger partial charge on any atom is 0.237 e. The molecule has 1 aromatic carbocycles. The van der Waals surface area contributed by atoms with Crippen molar-refractivity contribution in [3.8, 4) is 0 Å². The second-order valence-corrected chi connectivity index (χ2v) is 6.57. The first kappa shape index (κ1) is 20.7. The van der Waals surface area contributed by atoms with Gasteiger partial charge >= 0.3 is 0 Å². The van der Waals surface area contributed by atoms with E-state index in [1.165, 1.54) is 0 Å². The third kappa shape index (κ3) is 6.22. The lowest BCUT2D eigenvalue weighted by Gasteiger charge is -2.28. The monoisotopic (exact) mass is 347 g/mol. The van der Waals surface area contributed by atoms with Crippen LogP contribution in [0.5, 0.6) is 0 Å². The van der Waals surface area contributed by atoms with Crippen LogP contribution < -0.4 is 16.8 Å². The average Bonchev–Trinajstić information content (AvgIpc) is 2.35. The van der Waals surface area contributed by atoms with E-state index >= 15 is 0 Å². The molecule has 0 saturated carbocycles. The van der Waals surface area contributed by atoms with Crippen LogP contribution in [0.4, 0.5) is 0 Å². The second-order valence-electron chi connectivity index (χ2n) is 6.13. The molecular weight excluding hydrogens is 325 g/mol. The van der Waals surface area contributed by atoms with E-state index in [0.29, 0.717) is 5.02 Å². The van der Waals surface area contributed by atoms with Crippen LogP contribution in [0, 0.1) is 5.41 Å². The molecule has 2 atom stereocenters. The first-order chi connectivity index (χ1) is 9.61. The van der Waals surface area contributed by atoms with E-state index in [9.17, 15) is 9.59 Å². The molecule has 5 N–H and O–H groups in total. The first-order valence-electron chi connectivity index (χ1n) is 6.71. The number of carbonyl (C=O) groups is 2. The topological polar surface area (TPSA) is 98.2 Å². The van der Waals surface area contributed by atoms with Crippen molar-refractivity contribution in [1.82, 2.24) is 5.32 Å². The highest BCUT2D eigenvalue weighted by Crippen LogP contribution is 2.22. The van der Waals surface area contributed by atoms with Gasteiger partial charge in [-0.05, 0) is 23.1 Å². The predicted octanol–water partition coefficient (Wildman–Crippen LogP) is 2.17. The molecule has 0 aliphatic rings. The van der Waals surface area contributed by atoms with E-state index in [2.05, 4.69) is 5.32 Å². The Hall–Kier alpha value is -1.30. The van der Waals surface area contributed by atoms with Crippen molar-refractivity contribution >= 4 is 35.8 Å². The lowest BCUT2D eigenvalue weighted by atomic mass is 9.86. The lowest BCUT2D eigenvalue weighted by Crippen LogP contribution is -2.49. The van der Waals surface area contributed by atoms with E-state index < -0.39 is 18.0 Å². The Kier molecular flexibility index (Phi) is 7.87. The third-order valence-electron chi connectivity index (χ3n) is 3.19. The largest absolute Gasteiger partial charge is 0.370 e. The summed E-state index contributed by atoms with van der Waals surface area (Å²) in [6.45, 7) is 5.62. The maximum absolute atomic E-state index is 12.2. The zero-order chi connectivity index (χ0) is 16.2. The number of carbonyl (C=O) groups excluding carboxylic acids is 2. The fourth-order valence-corrected chi connectivity index (χ4v) is 2.03. The number of rotatable bonds is 5. The molecule has 7 heteroatoms. The van der Waals surface area contributed by atoms with Gasteiger partial charge in [-0.3, -0.25) is 9.59 Å². The molecule has 22 heavy (non-hydrogen) atoms. The van der Waals surface area contributed by atoms with Crippen LogP contribution in [0.3, 0.4) is 0 Å². The van der Waals surface area contributed by atoms with Crippen LogP contribution in [0.25, 0.3) is 0 Å². The van der Waals surface area contributed by atoms with E-state index in [1.54, 1.807) is 24.3 Å². The van der Waals surface area contributed by atoms with Crippen molar-refractivity contribution in [3.05, 3.63) is 34.9 Å². The zero-order valence-corrected chi connectivity index (χ0v) is 14.5. The molecule has 0 unspecified atom stereocenters. The van der Waals surface area contributed by atoms with Crippen LogP contribution in [0.2, 0.25) is 5.02 Å². The van der Waals surface area contributed by atoms with Gasteiger partial charge in [0.15, 0.2) is 0 Å². The summed E-state index contributed by atoms with van der Waals surface area (Å²) in [7, 11) is 0. The summed E-state index contributed by atoms with van der Waals surface area (Å²) < 4.78 is 0. The van der Waals surface area contributed by atoms with Crippen LogP contribution >= 0.6 is 24.0 Å². The van der Waals surface area contributed by atoms with Gasteiger partial charge in [-0.2, -0.15) is 0 Å². The number of nitrogens with one attached hydrogen (secondary N) is 1. The second kappa shape index (κ2) is 8.36. The number of halogens is 2. The predicted molar refractivity (Wildman–Crippen MR) is 90.8 cm³/mol. The number of hydrogen-bond donors (Lipinski definition) is 3. The van der Waals surface area contributed by atoms with E-state index in [4.69, 9.17) is 23.1 Å². The molecule has 1 rings (SSSR count). The summed E-state index contributed by atoms with van der Waals surface area (Å²) in [4.78, 5) is 23.4. The fourth-order valence-electron chi connectivity index (χ4n) is 1.83. The molecule has 2 amide bonds. The minimum absolute atomic E-state index is 0. The summed E-state index contributed by atoms with van der Waals surface area (Å²) in [5.74, 6) is -0.835. The summed E-state index contributed by atoms with van der Waals surface area (Å²) in [6, 6.07) is 5.71. The van der Waals surface area contributed by atoms with Gasteiger partial charge in [-0.1, -0.05) is 44.5 Å². The first-order valence-corrected chi connectivity index (χ1v) is 7.09. The van der Waals surface area contributed by atoms with E-state index in [1.807, 2.05) is 20.8 Å². The minimum Gasteiger partial charge on any atom is -0.370 e. The van der Waals surface area contributed by atoms with Gasteiger partial charge in [-0.25, -0.2) is 0 Å². The van der Waals surface area contributed by atoms with Gasteiger partial charge in [0, 0.05) is 5.02 Å². The summed E-state index contributed by atoms with van der Waals surface area (Å²) in [6.07, 6.45) is -0.0110. The Morgan fingerprint density at radius 3 is 2.36 bits per heavy atom. The molecule has 0 fully saturated rings. The average molecular weight is 348 g/mol. The number of hydrogen-bond acceptors (Lipinski definition) is 3. The summed E-state index contributed by atoms with van der Waals surface area (Å²) in [5.41, 5.74) is 11.5. The summed E-state index contributed by atoms with van der Waals surface area (Å²) in [5, 5.41) is 3.30. The van der Waals surface area contributed by atoms with E-state index in [0.717, 1.165) is 5.56 Å². The van der Waals surface area contributed by atoms with Crippen molar-refractivity contribution in [2.45, 2.75) is 39.3 Å². The number of amides is 2. The number of nitrogens with two attached hydrogens (primary N) is 2. The molecule has 0 saturated heterocycles. The molecule has 0 spiro atoms.